The van der Waals surface area contributed by atoms with Gasteiger partial charge in [-0.25, -0.2) is 4.98 Å². The summed E-state index contributed by atoms with van der Waals surface area (Å²) >= 11 is 5.72. The van der Waals surface area contributed by atoms with E-state index in [1.165, 1.54) is 31.4 Å². The minimum Gasteiger partial charge on any atom is -0.307 e. The van der Waals surface area contributed by atoms with Gasteiger partial charge in [0, 0.05) is 18.8 Å². The minimum absolute atomic E-state index is 0.226. The zero-order valence-corrected chi connectivity index (χ0v) is 12.2. The third kappa shape index (κ3) is 2.33. The molecule has 3 rings (SSSR count). The number of amides is 3. The van der Waals surface area contributed by atoms with Crippen molar-refractivity contribution in [2.75, 3.05) is 12.4 Å². The normalized spacial score (nSPS) is 13.3. The second kappa shape index (κ2) is 5.23. The molecule has 7 heteroatoms. The number of hydrogen-bond donors (Lipinski definition) is 1. The highest BCUT2D eigenvalue weighted by Crippen LogP contribution is 2.23. The highest BCUT2D eigenvalue weighted by atomic mass is 35.5. The van der Waals surface area contributed by atoms with Crippen molar-refractivity contribution in [1.29, 1.82) is 0 Å². The molecule has 0 aliphatic carbocycles. The number of anilines is 1. The summed E-state index contributed by atoms with van der Waals surface area (Å²) < 4.78 is 0. The molecule has 0 fully saturated rings. The summed E-state index contributed by atoms with van der Waals surface area (Å²) in [4.78, 5) is 40.9. The maximum Gasteiger partial charge on any atom is 0.261 e. The number of nitrogens with zero attached hydrogens (tertiary/aromatic N) is 2. The lowest BCUT2D eigenvalue weighted by Gasteiger charge is -2.05. The molecule has 1 N–H and O–H groups in total. The largest absolute Gasteiger partial charge is 0.307 e. The van der Waals surface area contributed by atoms with Crippen LogP contribution in [-0.2, 0) is 0 Å². The van der Waals surface area contributed by atoms with Crippen molar-refractivity contribution in [3.05, 3.63) is 58.2 Å². The SMILES string of the molecule is CN1C(=O)c2ccc(C(=O)Nc3ccc(Cl)cn3)cc2C1=O. The van der Waals surface area contributed by atoms with E-state index >= 15 is 0 Å². The maximum absolute atomic E-state index is 12.2. The fraction of sp³-hybridized carbons (Fsp3) is 0.0667. The van der Waals surface area contributed by atoms with E-state index in [2.05, 4.69) is 10.3 Å². The standard InChI is InChI=1S/C15H10ClN3O3/c1-19-14(21)10-4-2-8(6-11(10)15(19)22)13(20)18-12-5-3-9(16)7-17-12/h2-7H,1H3,(H,17,18,20). The molecule has 0 unspecified atom stereocenters. The Morgan fingerprint density at radius 2 is 1.86 bits per heavy atom. The number of imide groups is 1. The third-order valence-electron chi connectivity index (χ3n) is 3.32. The molecular formula is C15H10ClN3O3. The van der Waals surface area contributed by atoms with E-state index in [4.69, 9.17) is 11.6 Å². The Bertz CT molecular complexity index is 802. The van der Waals surface area contributed by atoms with Crippen LogP contribution in [0.4, 0.5) is 5.82 Å². The van der Waals surface area contributed by atoms with Crippen molar-refractivity contribution in [2.45, 2.75) is 0 Å². The number of benzene rings is 1. The highest BCUT2D eigenvalue weighted by Gasteiger charge is 2.33. The average Bonchev–Trinajstić information content (AvgIpc) is 2.74. The summed E-state index contributed by atoms with van der Waals surface area (Å²) in [6, 6.07) is 7.54. The first-order chi connectivity index (χ1) is 10.5. The van der Waals surface area contributed by atoms with Crippen LogP contribution in [0.15, 0.2) is 36.5 Å². The van der Waals surface area contributed by atoms with Crippen molar-refractivity contribution < 1.29 is 14.4 Å². The van der Waals surface area contributed by atoms with Crippen LogP contribution in [0.3, 0.4) is 0 Å². The molecule has 6 nitrogen and oxygen atoms in total. The van der Waals surface area contributed by atoms with Crippen LogP contribution in [0, 0.1) is 0 Å². The van der Waals surface area contributed by atoms with E-state index in [1.54, 1.807) is 12.1 Å². The minimum atomic E-state index is -0.424. The molecule has 0 atom stereocenters. The number of carbonyl (C=O) groups is 3. The van der Waals surface area contributed by atoms with Crippen LogP contribution in [0.25, 0.3) is 0 Å². The second-order valence-corrected chi connectivity index (χ2v) is 5.18. The number of hydrogen-bond acceptors (Lipinski definition) is 4. The Hall–Kier alpha value is -2.73. The molecule has 2 aromatic rings. The molecule has 1 aliphatic rings. The summed E-state index contributed by atoms with van der Waals surface area (Å²) in [5.41, 5.74) is 0.796. The van der Waals surface area contributed by atoms with E-state index in [0.29, 0.717) is 16.4 Å². The molecule has 110 valence electrons. The monoisotopic (exact) mass is 315 g/mol. The van der Waals surface area contributed by atoms with Gasteiger partial charge < -0.3 is 5.32 Å². The summed E-state index contributed by atoms with van der Waals surface area (Å²) in [7, 11) is 1.40. The van der Waals surface area contributed by atoms with Gasteiger partial charge in [0.2, 0.25) is 0 Å². The number of fused-ring (bicyclic) bond motifs is 1. The fourth-order valence-electron chi connectivity index (χ4n) is 2.14. The van der Waals surface area contributed by atoms with Gasteiger partial charge in [0.05, 0.1) is 16.1 Å². The van der Waals surface area contributed by atoms with E-state index in [9.17, 15) is 14.4 Å². The van der Waals surface area contributed by atoms with Gasteiger partial charge in [-0.15, -0.1) is 0 Å². The Labute approximate surface area is 130 Å². The molecule has 3 amide bonds. The molecule has 1 aromatic carbocycles. The molecule has 2 heterocycles. The van der Waals surface area contributed by atoms with Gasteiger partial charge in [-0.3, -0.25) is 19.3 Å². The second-order valence-electron chi connectivity index (χ2n) is 4.75. The molecule has 1 aliphatic heterocycles. The molecule has 0 spiro atoms. The molecule has 0 radical (unpaired) electrons. The van der Waals surface area contributed by atoms with Crippen molar-refractivity contribution in [3.8, 4) is 0 Å². The quantitative estimate of drug-likeness (QED) is 0.862. The number of carbonyl (C=O) groups excluding carboxylic acids is 3. The zero-order chi connectivity index (χ0) is 15.9. The van der Waals surface area contributed by atoms with Gasteiger partial charge in [-0.05, 0) is 30.3 Å². The van der Waals surface area contributed by atoms with Gasteiger partial charge in [-0.1, -0.05) is 11.6 Å². The van der Waals surface area contributed by atoms with E-state index < -0.39 is 11.8 Å². The average molecular weight is 316 g/mol. The summed E-state index contributed by atoms with van der Waals surface area (Å²) in [5, 5.41) is 3.06. The molecule has 1 aromatic heterocycles. The summed E-state index contributed by atoms with van der Waals surface area (Å²) in [6.45, 7) is 0. The first kappa shape index (κ1) is 14.2. The Balaban J connectivity index is 1.87. The van der Waals surface area contributed by atoms with Crippen LogP contribution in [0.2, 0.25) is 5.02 Å². The zero-order valence-electron chi connectivity index (χ0n) is 11.5. The van der Waals surface area contributed by atoms with Crippen molar-refractivity contribution >= 4 is 35.1 Å². The molecule has 22 heavy (non-hydrogen) atoms. The smallest absolute Gasteiger partial charge is 0.261 e. The Kier molecular flexibility index (Phi) is 3.38. The van der Waals surface area contributed by atoms with Gasteiger partial charge >= 0.3 is 0 Å². The number of halogens is 1. The number of nitrogens with one attached hydrogen (secondary N) is 1. The summed E-state index contributed by atoms with van der Waals surface area (Å²) in [5.74, 6) is -0.868. The van der Waals surface area contributed by atoms with Crippen LogP contribution in [0.1, 0.15) is 31.1 Å². The first-order valence-corrected chi connectivity index (χ1v) is 6.74. The van der Waals surface area contributed by atoms with Crippen molar-refractivity contribution in [1.82, 2.24) is 9.88 Å². The molecule has 0 bridgehead atoms. The van der Waals surface area contributed by atoms with E-state index in [0.717, 1.165) is 4.90 Å². The van der Waals surface area contributed by atoms with Crippen LogP contribution in [-0.4, -0.2) is 34.7 Å². The molecule has 0 saturated carbocycles. The predicted molar refractivity (Wildman–Crippen MR) is 80.1 cm³/mol. The molecule has 0 saturated heterocycles. The topological polar surface area (TPSA) is 79.4 Å². The number of rotatable bonds is 2. The molecular weight excluding hydrogens is 306 g/mol. The Morgan fingerprint density at radius 1 is 1.14 bits per heavy atom. The van der Waals surface area contributed by atoms with Crippen LogP contribution < -0.4 is 5.32 Å². The van der Waals surface area contributed by atoms with E-state index in [-0.39, 0.29) is 17.0 Å². The van der Waals surface area contributed by atoms with Gasteiger partial charge in [0.1, 0.15) is 5.82 Å². The summed E-state index contributed by atoms with van der Waals surface area (Å²) in [6.07, 6.45) is 1.41. The van der Waals surface area contributed by atoms with Crippen LogP contribution in [0.5, 0.6) is 0 Å². The lowest BCUT2D eigenvalue weighted by molar-refractivity contribution is 0.0693. The van der Waals surface area contributed by atoms with Crippen LogP contribution >= 0.6 is 11.6 Å². The Morgan fingerprint density at radius 3 is 2.55 bits per heavy atom. The fourth-order valence-corrected chi connectivity index (χ4v) is 2.25. The lowest BCUT2D eigenvalue weighted by Crippen LogP contribution is -2.24. The van der Waals surface area contributed by atoms with Gasteiger partial charge in [0.15, 0.2) is 0 Å². The van der Waals surface area contributed by atoms with Gasteiger partial charge in [0.25, 0.3) is 17.7 Å². The number of pyridine rings is 1. The van der Waals surface area contributed by atoms with Gasteiger partial charge in [-0.2, -0.15) is 0 Å². The lowest BCUT2D eigenvalue weighted by atomic mass is 10.1. The van der Waals surface area contributed by atoms with Crippen molar-refractivity contribution in [3.63, 3.8) is 0 Å². The number of aromatic nitrogens is 1. The first-order valence-electron chi connectivity index (χ1n) is 6.36. The third-order valence-corrected chi connectivity index (χ3v) is 3.54. The maximum atomic E-state index is 12.2. The van der Waals surface area contributed by atoms with Crippen molar-refractivity contribution in [2.24, 2.45) is 0 Å². The van der Waals surface area contributed by atoms with E-state index in [1.807, 2.05) is 0 Å². The predicted octanol–water partition coefficient (Wildman–Crippen LogP) is 2.21. The highest BCUT2D eigenvalue weighted by molar-refractivity contribution is 6.30.